The van der Waals surface area contributed by atoms with Gasteiger partial charge in [-0.2, -0.15) is 0 Å². The van der Waals surface area contributed by atoms with Gasteiger partial charge in [-0.05, 0) is 31.9 Å². The molecule has 148 valence electrons. The first kappa shape index (κ1) is 19.9. The number of hydrogen-bond acceptors (Lipinski definition) is 4. The second kappa shape index (κ2) is 7.26. The van der Waals surface area contributed by atoms with Crippen LogP contribution in [0.15, 0.2) is 18.2 Å². The normalized spacial score (nSPS) is 24.2. The number of carbonyl (C=O) groups is 2. The van der Waals surface area contributed by atoms with Crippen LogP contribution in [-0.4, -0.2) is 66.7 Å². The van der Waals surface area contributed by atoms with Gasteiger partial charge in [0, 0.05) is 25.1 Å². The summed E-state index contributed by atoms with van der Waals surface area (Å²) in [5, 5.41) is 0. The number of fused-ring (bicyclic) bond motifs is 1. The molecule has 0 bridgehead atoms. The minimum atomic E-state index is -3.28. The molecular weight excluding hydrogens is 364 g/mol. The molecule has 2 saturated heterocycles. The molecule has 0 unspecified atom stereocenters. The van der Waals surface area contributed by atoms with E-state index in [1.54, 1.807) is 9.80 Å². The summed E-state index contributed by atoms with van der Waals surface area (Å²) in [5.74, 6) is -0.0815. The van der Waals surface area contributed by atoms with Crippen LogP contribution in [0.5, 0.6) is 0 Å². The topological polar surface area (TPSA) is 74.8 Å². The number of amides is 2. The largest absolute Gasteiger partial charge is 0.335 e. The predicted molar refractivity (Wildman–Crippen MR) is 104 cm³/mol. The van der Waals surface area contributed by atoms with Gasteiger partial charge in [0.25, 0.3) is 5.91 Å². The number of carbonyl (C=O) groups excluding carboxylic acids is 2. The highest BCUT2D eigenvalue weighted by molar-refractivity contribution is 7.91. The summed E-state index contributed by atoms with van der Waals surface area (Å²) in [6.45, 7) is 8.58. The van der Waals surface area contributed by atoms with Crippen LogP contribution in [0.3, 0.4) is 0 Å². The summed E-state index contributed by atoms with van der Waals surface area (Å²) in [6, 6.07) is 4.77. The number of piperazine rings is 1. The van der Waals surface area contributed by atoms with Gasteiger partial charge in [-0.25, -0.2) is 8.42 Å². The molecule has 0 N–H and O–H groups in total. The Bertz CT molecular complexity index is 842. The van der Waals surface area contributed by atoms with Crippen LogP contribution in [-0.2, 0) is 14.6 Å². The first-order chi connectivity index (χ1) is 12.6. The molecule has 0 radical (unpaired) electrons. The lowest BCUT2D eigenvalue weighted by Crippen LogP contribution is -2.62. The minimum absolute atomic E-state index is 0.0180. The van der Waals surface area contributed by atoms with Crippen molar-refractivity contribution in [3.05, 3.63) is 34.9 Å². The van der Waals surface area contributed by atoms with Crippen molar-refractivity contribution in [1.82, 2.24) is 9.80 Å². The fourth-order valence-corrected chi connectivity index (χ4v) is 6.23. The summed E-state index contributed by atoms with van der Waals surface area (Å²) in [6.07, 6.45) is 0.397. The standard InChI is InChI=1S/C20H28N2O4S/c1-13(2)7-19(23)21-5-6-22(18-12-27(25,26)11-17(18)21)20(24)16-9-14(3)8-15(4)10-16/h8-10,13,17-18H,5-7,11-12H2,1-4H3/t17-,18+/m1/s1. The molecule has 1 aromatic carbocycles. The average Bonchev–Trinajstić information content (AvgIpc) is 2.86. The molecule has 1 aromatic rings. The second-order valence-electron chi connectivity index (χ2n) is 8.27. The molecule has 2 heterocycles. The predicted octanol–water partition coefficient (Wildman–Crippen LogP) is 1.80. The van der Waals surface area contributed by atoms with E-state index in [0.717, 1.165) is 11.1 Å². The van der Waals surface area contributed by atoms with Crippen LogP contribution < -0.4 is 0 Å². The van der Waals surface area contributed by atoms with Crippen LogP contribution in [0, 0.1) is 19.8 Å². The van der Waals surface area contributed by atoms with Gasteiger partial charge in [-0.3, -0.25) is 9.59 Å². The number of benzene rings is 1. The van der Waals surface area contributed by atoms with Gasteiger partial charge in [-0.15, -0.1) is 0 Å². The third kappa shape index (κ3) is 4.18. The summed E-state index contributed by atoms with van der Waals surface area (Å²) in [7, 11) is -3.28. The third-order valence-electron chi connectivity index (χ3n) is 5.31. The molecule has 0 aromatic heterocycles. The molecule has 2 aliphatic rings. The highest BCUT2D eigenvalue weighted by Gasteiger charge is 2.49. The fourth-order valence-electron chi connectivity index (χ4n) is 4.25. The first-order valence-corrected chi connectivity index (χ1v) is 11.3. The zero-order chi connectivity index (χ0) is 19.9. The van der Waals surface area contributed by atoms with Crippen molar-refractivity contribution in [2.24, 2.45) is 5.92 Å². The van der Waals surface area contributed by atoms with E-state index in [0.29, 0.717) is 25.1 Å². The Balaban J connectivity index is 1.89. The monoisotopic (exact) mass is 392 g/mol. The summed E-state index contributed by atoms with van der Waals surface area (Å²) in [4.78, 5) is 29.1. The lowest BCUT2D eigenvalue weighted by atomic mass is 10.00. The van der Waals surface area contributed by atoms with E-state index < -0.39 is 21.9 Å². The Kier molecular flexibility index (Phi) is 5.34. The molecule has 6 nitrogen and oxygen atoms in total. The Morgan fingerprint density at radius 2 is 1.52 bits per heavy atom. The van der Waals surface area contributed by atoms with E-state index >= 15 is 0 Å². The van der Waals surface area contributed by atoms with E-state index in [1.807, 2.05) is 45.9 Å². The van der Waals surface area contributed by atoms with Crippen LogP contribution in [0.25, 0.3) is 0 Å². The molecule has 27 heavy (non-hydrogen) atoms. The lowest BCUT2D eigenvalue weighted by molar-refractivity contribution is -0.137. The van der Waals surface area contributed by atoms with Crippen molar-refractivity contribution >= 4 is 21.7 Å². The molecule has 3 rings (SSSR count). The maximum Gasteiger partial charge on any atom is 0.254 e. The van der Waals surface area contributed by atoms with E-state index in [2.05, 4.69) is 0 Å². The molecule has 0 aliphatic carbocycles. The molecule has 7 heteroatoms. The summed E-state index contributed by atoms with van der Waals surface area (Å²) >= 11 is 0. The molecule has 2 amide bonds. The summed E-state index contributed by atoms with van der Waals surface area (Å²) < 4.78 is 24.6. The minimum Gasteiger partial charge on any atom is -0.335 e. The van der Waals surface area contributed by atoms with Crippen molar-refractivity contribution in [3.63, 3.8) is 0 Å². The van der Waals surface area contributed by atoms with Gasteiger partial charge in [0.05, 0.1) is 23.6 Å². The number of nitrogens with zero attached hydrogens (tertiary/aromatic N) is 2. The van der Waals surface area contributed by atoms with Gasteiger partial charge in [0.15, 0.2) is 9.84 Å². The van der Waals surface area contributed by atoms with Crippen molar-refractivity contribution in [1.29, 1.82) is 0 Å². The van der Waals surface area contributed by atoms with Crippen LogP contribution >= 0.6 is 0 Å². The van der Waals surface area contributed by atoms with E-state index in [4.69, 9.17) is 0 Å². The van der Waals surface area contributed by atoms with E-state index in [-0.39, 0.29) is 29.2 Å². The van der Waals surface area contributed by atoms with Crippen molar-refractivity contribution in [2.75, 3.05) is 24.6 Å². The highest BCUT2D eigenvalue weighted by atomic mass is 32.2. The molecule has 0 saturated carbocycles. The third-order valence-corrected chi connectivity index (χ3v) is 7.01. The Hall–Kier alpha value is -1.89. The SMILES string of the molecule is Cc1cc(C)cc(C(=O)N2CCN(C(=O)CC(C)C)[C@@H]3CS(=O)(=O)C[C@@H]32)c1. The number of sulfone groups is 1. The quantitative estimate of drug-likeness (QED) is 0.786. The van der Waals surface area contributed by atoms with Crippen LogP contribution in [0.1, 0.15) is 41.8 Å². The van der Waals surface area contributed by atoms with Crippen LogP contribution in [0.4, 0.5) is 0 Å². The van der Waals surface area contributed by atoms with Crippen molar-refractivity contribution in [2.45, 2.75) is 46.2 Å². The average molecular weight is 393 g/mol. The number of hydrogen-bond donors (Lipinski definition) is 0. The van der Waals surface area contributed by atoms with E-state index in [9.17, 15) is 18.0 Å². The molecule has 0 spiro atoms. The van der Waals surface area contributed by atoms with Crippen molar-refractivity contribution in [3.8, 4) is 0 Å². The fraction of sp³-hybridized carbons (Fsp3) is 0.600. The van der Waals surface area contributed by atoms with Crippen LogP contribution in [0.2, 0.25) is 0 Å². The molecule has 2 aliphatic heterocycles. The zero-order valence-electron chi connectivity index (χ0n) is 16.4. The summed E-state index contributed by atoms with van der Waals surface area (Å²) in [5.41, 5.74) is 2.58. The van der Waals surface area contributed by atoms with Gasteiger partial charge in [-0.1, -0.05) is 31.0 Å². The number of rotatable bonds is 3. The second-order valence-corrected chi connectivity index (χ2v) is 10.4. The van der Waals surface area contributed by atoms with E-state index in [1.165, 1.54) is 0 Å². The molecule has 2 fully saturated rings. The lowest BCUT2D eigenvalue weighted by Gasteiger charge is -2.44. The zero-order valence-corrected chi connectivity index (χ0v) is 17.3. The smallest absolute Gasteiger partial charge is 0.254 e. The van der Waals surface area contributed by atoms with Crippen molar-refractivity contribution < 1.29 is 18.0 Å². The molecular formula is C20H28N2O4S. The maximum absolute atomic E-state index is 13.1. The number of aryl methyl sites for hydroxylation is 2. The highest BCUT2D eigenvalue weighted by Crippen LogP contribution is 2.29. The Morgan fingerprint density at radius 1 is 1.00 bits per heavy atom. The van der Waals surface area contributed by atoms with Gasteiger partial charge >= 0.3 is 0 Å². The van der Waals surface area contributed by atoms with Gasteiger partial charge in [0.2, 0.25) is 5.91 Å². The van der Waals surface area contributed by atoms with Gasteiger partial charge in [0.1, 0.15) is 0 Å². The Morgan fingerprint density at radius 3 is 2.07 bits per heavy atom. The maximum atomic E-state index is 13.1. The molecule has 2 atom stereocenters. The van der Waals surface area contributed by atoms with Gasteiger partial charge < -0.3 is 9.80 Å². The first-order valence-electron chi connectivity index (χ1n) is 9.46. The Labute approximate surface area is 161 Å².